The van der Waals surface area contributed by atoms with Crippen LogP contribution in [-0.4, -0.2) is 30.3 Å². The van der Waals surface area contributed by atoms with Crippen molar-refractivity contribution in [2.24, 2.45) is 0 Å². The SMILES string of the molecule is CCOC(=O)c1cc(NC(=S)Nc2ccccc2CC)cc(C(=O)OCC)c1. The number of nitrogens with one attached hydrogen (secondary N) is 2. The molecule has 0 aliphatic heterocycles. The number of esters is 2. The minimum absolute atomic E-state index is 0.235. The summed E-state index contributed by atoms with van der Waals surface area (Å²) in [4.78, 5) is 24.3. The van der Waals surface area contributed by atoms with Gasteiger partial charge in [-0.1, -0.05) is 25.1 Å². The Balaban J connectivity index is 2.26. The smallest absolute Gasteiger partial charge is 0.338 e. The number of thiocarbonyl (C=S) groups is 1. The van der Waals surface area contributed by atoms with Crippen LogP contribution in [0.2, 0.25) is 0 Å². The summed E-state index contributed by atoms with van der Waals surface area (Å²) >= 11 is 5.39. The maximum Gasteiger partial charge on any atom is 0.338 e. The zero-order valence-corrected chi connectivity index (χ0v) is 17.0. The highest BCUT2D eigenvalue weighted by Crippen LogP contribution is 2.19. The third-order valence-electron chi connectivity index (χ3n) is 3.86. The fourth-order valence-electron chi connectivity index (χ4n) is 2.60. The van der Waals surface area contributed by atoms with Gasteiger partial charge in [-0.15, -0.1) is 0 Å². The van der Waals surface area contributed by atoms with Crippen LogP contribution in [0.4, 0.5) is 11.4 Å². The molecule has 0 aromatic heterocycles. The summed E-state index contributed by atoms with van der Waals surface area (Å²) < 4.78 is 10.1. The first kappa shape index (κ1) is 21.4. The quantitative estimate of drug-likeness (QED) is 0.526. The van der Waals surface area contributed by atoms with Crippen molar-refractivity contribution in [3.63, 3.8) is 0 Å². The molecular weight excluding hydrogens is 376 g/mol. The highest BCUT2D eigenvalue weighted by atomic mass is 32.1. The van der Waals surface area contributed by atoms with Crippen molar-refractivity contribution in [2.45, 2.75) is 27.2 Å². The van der Waals surface area contributed by atoms with E-state index < -0.39 is 11.9 Å². The molecule has 0 heterocycles. The second-order valence-corrected chi connectivity index (χ2v) is 6.24. The van der Waals surface area contributed by atoms with Gasteiger partial charge in [0.15, 0.2) is 5.11 Å². The Morgan fingerprint density at radius 2 is 1.46 bits per heavy atom. The lowest BCUT2D eigenvalue weighted by Crippen LogP contribution is -2.20. The topological polar surface area (TPSA) is 76.7 Å². The molecule has 0 unspecified atom stereocenters. The molecule has 0 saturated carbocycles. The number of hydrogen-bond acceptors (Lipinski definition) is 5. The lowest BCUT2D eigenvalue weighted by molar-refractivity contribution is 0.0525. The molecule has 2 N–H and O–H groups in total. The van der Waals surface area contributed by atoms with E-state index in [0.29, 0.717) is 10.8 Å². The van der Waals surface area contributed by atoms with Gasteiger partial charge < -0.3 is 20.1 Å². The maximum atomic E-state index is 12.1. The van der Waals surface area contributed by atoms with E-state index >= 15 is 0 Å². The molecule has 0 radical (unpaired) electrons. The predicted octanol–water partition coefficient (Wildman–Crippen LogP) is 4.41. The maximum absolute atomic E-state index is 12.1. The van der Waals surface area contributed by atoms with E-state index in [9.17, 15) is 9.59 Å². The number of para-hydroxylation sites is 1. The van der Waals surface area contributed by atoms with Gasteiger partial charge in [0.2, 0.25) is 0 Å². The Morgan fingerprint density at radius 1 is 0.893 bits per heavy atom. The molecule has 6 nitrogen and oxygen atoms in total. The molecule has 0 fully saturated rings. The van der Waals surface area contributed by atoms with Gasteiger partial charge in [0, 0.05) is 11.4 Å². The summed E-state index contributed by atoms with van der Waals surface area (Å²) in [6, 6.07) is 12.5. The van der Waals surface area contributed by atoms with Gasteiger partial charge in [0.1, 0.15) is 0 Å². The summed E-state index contributed by atoms with van der Waals surface area (Å²) in [6.45, 7) is 5.97. The summed E-state index contributed by atoms with van der Waals surface area (Å²) in [5, 5.41) is 6.51. The van der Waals surface area contributed by atoms with E-state index in [1.54, 1.807) is 26.0 Å². The molecule has 0 aliphatic rings. The van der Waals surface area contributed by atoms with Crippen LogP contribution in [-0.2, 0) is 15.9 Å². The van der Waals surface area contributed by atoms with Gasteiger partial charge in [-0.2, -0.15) is 0 Å². The van der Waals surface area contributed by atoms with Crippen LogP contribution < -0.4 is 10.6 Å². The lowest BCUT2D eigenvalue weighted by Gasteiger charge is -2.15. The predicted molar refractivity (Wildman–Crippen MR) is 114 cm³/mol. The van der Waals surface area contributed by atoms with Crippen molar-refractivity contribution >= 4 is 40.6 Å². The first-order valence-electron chi connectivity index (χ1n) is 9.13. The molecule has 0 bridgehead atoms. The Kier molecular flexibility index (Phi) is 7.95. The van der Waals surface area contributed by atoms with Gasteiger partial charge in [-0.05, 0) is 62.3 Å². The number of carbonyl (C=O) groups excluding carboxylic acids is 2. The fraction of sp³-hybridized carbons (Fsp3) is 0.286. The highest BCUT2D eigenvalue weighted by Gasteiger charge is 2.15. The van der Waals surface area contributed by atoms with Crippen LogP contribution in [0, 0.1) is 0 Å². The summed E-state index contributed by atoms with van der Waals surface area (Å²) in [5.41, 5.74) is 2.99. The van der Waals surface area contributed by atoms with E-state index in [1.165, 1.54) is 6.07 Å². The Labute approximate surface area is 170 Å². The number of benzene rings is 2. The first-order valence-corrected chi connectivity index (χ1v) is 9.54. The molecule has 7 heteroatoms. The molecule has 0 atom stereocenters. The average Bonchev–Trinajstić information content (AvgIpc) is 2.68. The normalized spacial score (nSPS) is 10.1. The van der Waals surface area contributed by atoms with Crippen LogP contribution in [0.3, 0.4) is 0 Å². The molecular formula is C21H24N2O4S. The molecule has 2 aromatic rings. The van der Waals surface area contributed by atoms with Crippen LogP contribution >= 0.6 is 12.2 Å². The molecule has 2 aromatic carbocycles. The van der Waals surface area contributed by atoms with E-state index in [4.69, 9.17) is 21.7 Å². The summed E-state index contributed by atoms with van der Waals surface area (Å²) in [6.07, 6.45) is 0.858. The summed E-state index contributed by atoms with van der Waals surface area (Å²) in [7, 11) is 0. The number of rotatable bonds is 7. The number of anilines is 2. The van der Waals surface area contributed by atoms with E-state index in [2.05, 4.69) is 17.6 Å². The number of hydrogen-bond donors (Lipinski definition) is 2. The molecule has 148 valence electrons. The largest absolute Gasteiger partial charge is 0.462 e. The number of aryl methyl sites for hydroxylation is 1. The van der Waals surface area contributed by atoms with Crippen LogP contribution in [0.15, 0.2) is 42.5 Å². The van der Waals surface area contributed by atoms with Crippen LogP contribution in [0.5, 0.6) is 0 Å². The standard InChI is InChI=1S/C21H24N2O4S/c1-4-14-9-7-8-10-18(14)23-21(28)22-17-12-15(19(24)26-5-2)11-16(13-17)20(25)27-6-3/h7-13H,4-6H2,1-3H3,(H2,22,23,28). The van der Waals surface area contributed by atoms with Crippen LogP contribution in [0.1, 0.15) is 47.1 Å². The minimum atomic E-state index is -0.521. The van der Waals surface area contributed by atoms with Crippen molar-refractivity contribution in [3.05, 3.63) is 59.2 Å². The zero-order chi connectivity index (χ0) is 20.5. The van der Waals surface area contributed by atoms with Crippen molar-refractivity contribution in [1.29, 1.82) is 0 Å². The van der Waals surface area contributed by atoms with Gasteiger partial charge in [0.05, 0.1) is 24.3 Å². The first-order chi connectivity index (χ1) is 13.5. The Morgan fingerprint density at radius 3 is 2.00 bits per heavy atom. The van der Waals surface area contributed by atoms with E-state index in [-0.39, 0.29) is 24.3 Å². The Hall–Kier alpha value is -2.93. The van der Waals surface area contributed by atoms with Gasteiger partial charge >= 0.3 is 11.9 Å². The van der Waals surface area contributed by atoms with Crippen LogP contribution in [0.25, 0.3) is 0 Å². The highest BCUT2D eigenvalue weighted by molar-refractivity contribution is 7.80. The van der Waals surface area contributed by atoms with E-state index in [0.717, 1.165) is 17.7 Å². The molecule has 0 saturated heterocycles. The van der Waals surface area contributed by atoms with Crippen molar-refractivity contribution in [2.75, 3.05) is 23.8 Å². The second-order valence-electron chi connectivity index (χ2n) is 5.83. The fourth-order valence-corrected chi connectivity index (χ4v) is 2.83. The monoisotopic (exact) mass is 400 g/mol. The average molecular weight is 401 g/mol. The zero-order valence-electron chi connectivity index (χ0n) is 16.2. The molecule has 0 spiro atoms. The molecule has 0 amide bonds. The second kappa shape index (κ2) is 10.4. The van der Waals surface area contributed by atoms with Gasteiger partial charge in [-0.25, -0.2) is 9.59 Å². The number of ether oxygens (including phenoxy) is 2. The molecule has 28 heavy (non-hydrogen) atoms. The number of carbonyl (C=O) groups is 2. The van der Waals surface area contributed by atoms with Crippen molar-refractivity contribution < 1.29 is 19.1 Å². The third-order valence-corrected chi connectivity index (χ3v) is 4.06. The van der Waals surface area contributed by atoms with Gasteiger partial charge in [-0.3, -0.25) is 0 Å². The van der Waals surface area contributed by atoms with Gasteiger partial charge in [0.25, 0.3) is 0 Å². The Bertz CT molecular complexity index is 831. The lowest BCUT2D eigenvalue weighted by atomic mass is 10.1. The van der Waals surface area contributed by atoms with E-state index in [1.807, 2.05) is 24.3 Å². The third kappa shape index (κ3) is 5.79. The van der Waals surface area contributed by atoms with Crippen molar-refractivity contribution in [3.8, 4) is 0 Å². The molecule has 0 aliphatic carbocycles. The molecule has 2 rings (SSSR count). The summed E-state index contributed by atoms with van der Waals surface area (Å²) in [5.74, 6) is -1.04. The van der Waals surface area contributed by atoms with Crippen molar-refractivity contribution in [1.82, 2.24) is 0 Å². The minimum Gasteiger partial charge on any atom is -0.462 e.